The zero-order chi connectivity index (χ0) is 15.9. The fourth-order valence-corrected chi connectivity index (χ4v) is 2.27. The minimum atomic E-state index is -0.231. The second kappa shape index (κ2) is 5.40. The molecule has 22 heavy (non-hydrogen) atoms. The van der Waals surface area contributed by atoms with Crippen LogP contribution in [0.3, 0.4) is 0 Å². The summed E-state index contributed by atoms with van der Waals surface area (Å²) in [6.45, 7) is 5.38. The number of nitrogens with one attached hydrogen (secondary N) is 2. The van der Waals surface area contributed by atoms with Crippen molar-refractivity contribution < 1.29 is 4.79 Å². The molecule has 1 saturated carbocycles. The number of aromatic amines is 1. The maximum absolute atomic E-state index is 11.9. The van der Waals surface area contributed by atoms with Gasteiger partial charge < -0.3 is 5.32 Å². The van der Waals surface area contributed by atoms with Crippen molar-refractivity contribution in [3.63, 3.8) is 0 Å². The summed E-state index contributed by atoms with van der Waals surface area (Å²) >= 11 is 0. The van der Waals surface area contributed by atoms with Crippen molar-refractivity contribution in [2.24, 2.45) is 0 Å². The number of nitrogens with zero attached hydrogens (tertiary/aromatic N) is 3. The molecule has 0 aromatic carbocycles. The van der Waals surface area contributed by atoms with E-state index in [1.54, 1.807) is 0 Å². The molecule has 1 aliphatic rings. The molecule has 0 radical (unpaired) electrons. The van der Waals surface area contributed by atoms with Crippen LogP contribution in [0.5, 0.6) is 0 Å². The van der Waals surface area contributed by atoms with Gasteiger partial charge in [0, 0.05) is 25.0 Å². The lowest BCUT2D eigenvalue weighted by Crippen LogP contribution is -2.18. The topological polar surface area (TPSA) is 92.7 Å². The zero-order valence-electron chi connectivity index (χ0n) is 12.9. The third-order valence-corrected chi connectivity index (χ3v) is 3.57. The molecule has 3 rings (SSSR count). The summed E-state index contributed by atoms with van der Waals surface area (Å²) in [5.74, 6) is 1.23. The van der Waals surface area contributed by atoms with Gasteiger partial charge in [-0.25, -0.2) is 4.98 Å². The number of aromatic nitrogens is 4. The van der Waals surface area contributed by atoms with Gasteiger partial charge >= 0.3 is 0 Å². The first-order chi connectivity index (χ1) is 10.4. The molecular weight excluding hydrogens is 282 g/mol. The molecule has 2 N–H and O–H groups in total. The minimum Gasteiger partial charge on any atom is -0.311 e. The fourth-order valence-electron chi connectivity index (χ4n) is 2.27. The number of rotatable bonds is 4. The van der Waals surface area contributed by atoms with E-state index in [2.05, 4.69) is 20.4 Å². The van der Waals surface area contributed by atoms with Crippen LogP contribution in [0.4, 0.5) is 5.82 Å². The van der Waals surface area contributed by atoms with E-state index in [4.69, 9.17) is 0 Å². The van der Waals surface area contributed by atoms with Crippen molar-refractivity contribution in [1.82, 2.24) is 19.7 Å². The van der Waals surface area contributed by atoms with E-state index in [9.17, 15) is 9.59 Å². The molecule has 1 fully saturated rings. The Bertz CT molecular complexity index is 770. The maximum atomic E-state index is 11.9. The smallest absolute Gasteiger partial charge is 0.252 e. The highest BCUT2D eigenvalue weighted by molar-refractivity contribution is 5.88. The van der Waals surface area contributed by atoms with Gasteiger partial charge in [-0.2, -0.15) is 9.78 Å². The molecule has 116 valence electrons. The van der Waals surface area contributed by atoms with Gasteiger partial charge in [-0.1, -0.05) is 13.8 Å². The van der Waals surface area contributed by atoms with Crippen LogP contribution in [0.25, 0.3) is 5.95 Å². The Balaban J connectivity index is 2.09. The summed E-state index contributed by atoms with van der Waals surface area (Å²) in [6.07, 6.45) is 2.21. The first-order valence-electron chi connectivity index (χ1n) is 7.43. The van der Waals surface area contributed by atoms with Crippen LogP contribution in [0.1, 0.15) is 56.8 Å². The van der Waals surface area contributed by atoms with Crippen molar-refractivity contribution in [1.29, 1.82) is 0 Å². The van der Waals surface area contributed by atoms with Crippen molar-refractivity contribution >= 4 is 11.7 Å². The van der Waals surface area contributed by atoms with Gasteiger partial charge in [-0.15, -0.1) is 0 Å². The van der Waals surface area contributed by atoms with Crippen LogP contribution in [0.15, 0.2) is 16.9 Å². The van der Waals surface area contributed by atoms with Crippen LogP contribution < -0.4 is 10.9 Å². The summed E-state index contributed by atoms with van der Waals surface area (Å²) in [5, 5.41) is 7.25. The molecule has 0 atom stereocenters. The Morgan fingerprint density at radius 1 is 1.41 bits per heavy atom. The number of hydrogen-bond acceptors (Lipinski definition) is 4. The second-order valence-corrected chi connectivity index (χ2v) is 5.97. The quantitative estimate of drug-likeness (QED) is 0.902. The first kappa shape index (κ1) is 14.5. The van der Waals surface area contributed by atoms with E-state index in [0.29, 0.717) is 23.4 Å². The Labute approximate surface area is 127 Å². The molecule has 2 aromatic rings. The van der Waals surface area contributed by atoms with Crippen LogP contribution >= 0.6 is 0 Å². The molecule has 7 nitrogen and oxygen atoms in total. The monoisotopic (exact) mass is 301 g/mol. The van der Waals surface area contributed by atoms with Crippen LogP contribution in [-0.2, 0) is 4.79 Å². The number of hydrogen-bond donors (Lipinski definition) is 2. The summed E-state index contributed by atoms with van der Waals surface area (Å²) in [4.78, 5) is 30.4. The maximum Gasteiger partial charge on any atom is 0.252 e. The highest BCUT2D eigenvalue weighted by atomic mass is 16.1. The molecular formula is C15H19N5O2. The molecule has 2 aromatic heterocycles. The number of anilines is 1. The predicted molar refractivity (Wildman–Crippen MR) is 82.3 cm³/mol. The van der Waals surface area contributed by atoms with Crippen LogP contribution in [0, 0.1) is 0 Å². The lowest BCUT2D eigenvalue weighted by molar-refractivity contribution is -0.114. The van der Waals surface area contributed by atoms with Gasteiger partial charge in [0.15, 0.2) is 0 Å². The average Bonchev–Trinajstić information content (AvgIpc) is 3.19. The average molecular weight is 301 g/mol. The normalized spacial score (nSPS) is 14.4. The summed E-state index contributed by atoms with van der Waals surface area (Å²) in [5.41, 5.74) is 1.38. The summed E-state index contributed by atoms with van der Waals surface area (Å²) in [6, 6.07) is 3.33. The predicted octanol–water partition coefficient (Wildman–Crippen LogP) is 1.91. The number of amides is 1. The van der Waals surface area contributed by atoms with Gasteiger partial charge in [0.1, 0.15) is 5.82 Å². The van der Waals surface area contributed by atoms with E-state index < -0.39 is 0 Å². The third kappa shape index (κ3) is 2.93. The van der Waals surface area contributed by atoms with Crippen molar-refractivity contribution in [3.8, 4) is 5.95 Å². The van der Waals surface area contributed by atoms with Gasteiger partial charge in [-0.05, 0) is 18.8 Å². The minimum absolute atomic E-state index is 0.128. The van der Waals surface area contributed by atoms with Crippen molar-refractivity contribution in [2.75, 3.05) is 5.32 Å². The molecule has 2 heterocycles. The molecule has 0 bridgehead atoms. The standard InChI is InChI=1S/C15H19N5O2/c1-8(2)11-7-14(22)18-15(17-11)20-13(16-9(3)21)6-12(19-20)10-4-5-10/h6-8,10H,4-5H2,1-3H3,(H,16,21)(H,17,18,22). The van der Waals surface area contributed by atoms with E-state index in [1.165, 1.54) is 17.7 Å². The largest absolute Gasteiger partial charge is 0.311 e. The third-order valence-electron chi connectivity index (χ3n) is 3.57. The molecule has 0 spiro atoms. The summed E-state index contributed by atoms with van der Waals surface area (Å²) < 4.78 is 1.50. The van der Waals surface area contributed by atoms with Gasteiger partial charge in [-0.3, -0.25) is 14.6 Å². The first-order valence-corrected chi connectivity index (χ1v) is 7.43. The molecule has 0 saturated heterocycles. The Morgan fingerprint density at radius 2 is 2.14 bits per heavy atom. The molecule has 0 aliphatic heterocycles. The number of carbonyl (C=O) groups is 1. The molecule has 0 unspecified atom stereocenters. The van der Waals surface area contributed by atoms with Crippen LogP contribution in [0.2, 0.25) is 0 Å². The lowest BCUT2D eigenvalue weighted by atomic mass is 10.1. The Hall–Kier alpha value is -2.44. The van der Waals surface area contributed by atoms with Crippen molar-refractivity contribution in [2.45, 2.75) is 45.4 Å². The van der Waals surface area contributed by atoms with Crippen LogP contribution in [-0.4, -0.2) is 25.7 Å². The van der Waals surface area contributed by atoms with Crippen molar-refractivity contribution in [3.05, 3.63) is 33.9 Å². The van der Waals surface area contributed by atoms with E-state index in [-0.39, 0.29) is 17.4 Å². The molecule has 7 heteroatoms. The summed E-state index contributed by atoms with van der Waals surface area (Å²) in [7, 11) is 0. The molecule has 1 amide bonds. The van der Waals surface area contributed by atoms with Gasteiger partial charge in [0.25, 0.3) is 5.56 Å². The lowest BCUT2D eigenvalue weighted by Gasteiger charge is -2.09. The SMILES string of the molecule is CC(=O)Nc1cc(C2CC2)nn1-c1nc(C(C)C)cc(=O)[nH]1. The van der Waals surface area contributed by atoms with E-state index >= 15 is 0 Å². The van der Waals surface area contributed by atoms with E-state index in [0.717, 1.165) is 18.5 Å². The molecule has 1 aliphatic carbocycles. The highest BCUT2D eigenvalue weighted by Crippen LogP contribution is 2.40. The number of carbonyl (C=O) groups excluding carboxylic acids is 1. The highest BCUT2D eigenvalue weighted by Gasteiger charge is 2.28. The number of H-pyrrole nitrogens is 1. The van der Waals surface area contributed by atoms with E-state index in [1.807, 2.05) is 19.9 Å². The van der Waals surface area contributed by atoms with Gasteiger partial charge in [0.05, 0.1) is 11.4 Å². The zero-order valence-corrected chi connectivity index (χ0v) is 12.9. The Kier molecular flexibility index (Phi) is 3.56. The van der Waals surface area contributed by atoms with Gasteiger partial charge in [0.2, 0.25) is 11.9 Å². The second-order valence-electron chi connectivity index (χ2n) is 5.97. The fraction of sp³-hybridized carbons (Fsp3) is 0.467. The Morgan fingerprint density at radius 3 is 2.73 bits per heavy atom.